The van der Waals surface area contributed by atoms with Crippen LogP contribution in [-0.2, 0) is 16.6 Å². The Morgan fingerprint density at radius 3 is 2.67 bits per heavy atom. The molecule has 0 aromatic heterocycles. The molecule has 1 aromatic rings. The predicted molar refractivity (Wildman–Crippen MR) is 71.8 cm³/mol. The van der Waals surface area contributed by atoms with Gasteiger partial charge in [-0.25, -0.2) is 13.1 Å². The molecule has 0 heterocycles. The third-order valence-electron chi connectivity index (χ3n) is 2.77. The van der Waals surface area contributed by atoms with E-state index < -0.39 is 10.0 Å². The van der Waals surface area contributed by atoms with Gasteiger partial charge in [-0.2, -0.15) is 0 Å². The van der Waals surface area contributed by atoms with Crippen LogP contribution in [-0.4, -0.2) is 20.5 Å². The van der Waals surface area contributed by atoms with Crippen LogP contribution in [0.25, 0.3) is 0 Å². The molecule has 0 saturated heterocycles. The van der Waals surface area contributed by atoms with Crippen molar-refractivity contribution in [1.82, 2.24) is 10.0 Å². The molecule has 1 aromatic carbocycles. The van der Waals surface area contributed by atoms with Gasteiger partial charge >= 0.3 is 0 Å². The molecule has 0 bridgehead atoms. The average Bonchev–Trinajstić information content (AvgIpc) is 3.09. The zero-order valence-electron chi connectivity index (χ0n) is 10.8. The predicted octanol–water partition coefficient (Wildman–Crippen LogP) is 1.63. The van der Waals surface area contributed by atoms with Crippen molar-refractivity contribution in [3.05, 3.63) is 29.8 Å². The van der Waals surface area contributed by atoms with E-state index in [1.54, 1.807) is 18.2 Å². The van der Waals surface area contributed by atoms with Gasteiger partial charge in [-0.1, -0.05) is 12.1 Å². The Bertz CT molecular complexity index is 507. The number of hydrogen-bond donors (Lipinski definition) is 2. The molecule has 1 saturated carbocycles. The van der Waals surface area contributed by atoms with Crippen molar-refractivity contribution in [3.63, 3.8) is 0 Å². The van der Waals surface area contributed by atoms with Crippen LogP contribution in [0.4, 0.5) is 0 Å². The van der Waals surface area contributed by atoms with E-state index in [0.29, 0.717) is 10.9 Å². The summed E-state index contributed by atoms with van der Waals surface area (Å²) in [4.78, 5) is 0.339. The van der Waals surface area contributed by atoms with Crippen molar-refractivity contribution >= 4 is 10.0 Å². The van der Waals surface area contributed by atoms with Crippen LogP contribution in [0.2, 0.25) is 0 Å². The topological polar surface area (TPSA) is 58.2 Å². The molecule has 100 valence electrons. The van der Waals surface area contributed by atoms with Gasteiger partial charge in [-0.05, 0) is 44.4 Å². The third kappa shape index (κ3) is 3.80. The summed E-state index contributed by atoms with van der Waals surface area (Å²) in [5, 5.41) is 3.38. The van der Waals surface area contributed by atoms with Crippen molar-refractivity contribution in [2.24, 2.45) is 0 Å². The fourth-order valence-corrected chi connectivity index (χ4v) is 3.07. The quantitative estimate of drug-likeness (QED) is 0.824. The molecule has 0 radical (unpaired) electrons. The minimum absolute atomic E-state index is 0.0942. The van der Waals surface area contributed by atoms with Crippen molar-refractivity contribution in [2.45, 2.75) is 50.2 Å². The number of sulfonamides is 1. The molecular weight excluding hydrogens is 248 g/mol. The molecule has 4 nitrogen and oxygen atoms in total. The first-order valence-corrected chi connectivity index (χ1v) is 7.80. The van der Waals surface area contributed by atoms with Crippen LogP contribution >= 0.6 is 0 Å². The lowest BCUT2D eigenvalue weighted by molar-refractivity contribution is 0.569. The lowest BCUT2D eigenvalue weighted by Gasteiger charge is -2.11. The number of benzene rings is 1. The van der Waals surface area contributed by atoms with E-state index in [-0.39, 0.29) is 6.04 Å². The normalized spacial score (nSPS) is 16.2. The maximum absolute atomic E-state index is 12.0. The van der Waals surface area contributed by atoms with E-state index in [4.69, 9.17) is 0 Å². The summed E-state index contributed by atoms with van der Waals surface area (Å²) in [5.74, 6) is 0. The van der Waals surface area contributed by atoms with Gasteiger partial charge in [0.05, 0.1) is 4.90 Å². The fourth-order valence-electron chi connectivity index (χ4n) is 1.75. The highest BCUT2D eigenvalue weighted by Gasteiger charge is 2.20. The number of nitrogens with one attached hydrogen (secondary N) is 2. The maximum Gasteiger partial charge on any atom is 0.240 e. The van der Waals surface area contributed by atoms with E-state index in [9.17, 15) is 8.42 Å². The van der Waals surface area contributed by atoms with Gasteiger partial charge in [0.2, 0.25) is 10.0 Å². The molecule has 0 amide bonds. The molecular formula is C13H20N2O2S. The molecule has 5 heteroatoms. The summed E-state index contributed by atoms with van der Waals surface area (Å²) in [6, 6.07) is 7.64. The number of hydrogen-bond acceptors (Lipinski definition) is 3. The summed E-state index contributed by atoms with van der Waals surface area (Å²) in [6.45, 7) is 4.36. The molecule has 0 aliphatic heterocycles. The summed E-state index contributed by atoms with van der Waals surface area (Å²) in [7, 11) is -3.38. The first-order chi connectivity index (χ1) is 8.47. The van der Waals surface area contributed by atoms with E-state index in [1.807, 2.05) is 19.9 Å². The number of rotatable bonds is 6. The molecule has 0 spiro atoms. The highest BCUT2D eigenvalue weighted by atomic mass is 32.2. The van der Waals surface area contributed by atoms with E-state index in [1.165, 1.54) is 12.8 Å². The van der Waals surface area contributed by atoms with Crippen molar-refractivity contribution in [1.29, 1.82) is 0 Å². The zero-order valence-corrected chi connectivity index (χ0v) is 11.6. The minimum atomic E-state index is -3.38. The lowest BCUT2D eigenvalue weighted by Crippen LogP contribution is -2.30. The molecule has 1 aliphatic rings. The second kappa shape index (κ2) is 5.38. The van der Waals surface area contributed by atoms with Crippen LogP contribution in [0, 0.1) is 0 Å². The zero-order chi connectivity index (χ0) is 13.2. The molecule has 2 N–H and O–H groups in total. The van der Waals surface area contributed by atoms with Crippen LogP contribution in [0.3, 0.4) is 0 Å². The monoisotopic (exact) mass is 268 g/mol. The van der Waals surface area contributed by atoms with E-state index in [0.717, 1.165) is 12.1 Å². The van der Waals surface area contributed by atoms with Gasteiger partial charge < -0.3 is 5.32 Å². The molecule has 2 rings (SSSR count). The molecule has 1 fully saturated rings. The second-order valence-corrected chi connectivity index (χ2v) is 6.79. The Kier molecular flexibility index (Phi) is 4.04. The van der Waals surface area contributed by atoms with Gasteiger partial charge in [0.1, 0.15) is 0 Å². The van der Waals surface area contributed by atoms with Gasteiger partial charge in [-0.3, -0.25) is 0 Å². The first-order valence-electron chi connectivity index (χ1n) is 6.32. The fraction of sp³-hybridized carbons (Fsp3) is 0.538. The summed E-state index contributed by atoms with van der Waals surface area (Å²) >= 11 is 0. The van der Waals surface area contributed by atoms with Crippen LogP contribution in [0.15, 0.2) is 29.2 Å². The average molecular weight is 268 g/mol. The summed E-state index contributed by atoms with van der Waals surface area (Å²) in [6.07, 6.45) is 2.46. The van der Waals surface area contributed by atoms with Gasteiger partial charge in [-0.15, -0.1) is 0 Å². The smallest absolute Gasteiger partial charge is 0.240 e. The Labute approximate surface area is 109 Å². The highest BCUT2D eigenvalue weighted by Crippen LogP contribution is 2.20. The van der Waals surface area contributed by atoms with Gasteiger partial charge in [0.15, 0.2) is 0 Å². The van der Waals surface area contributed by atoms with Crippen molar-refractivity contribution in [2.75, 3.05) is 0 Å². The molecule has 0 atom stereocenters. The lowest BCUT2D eigenvalue weighted by atomic mass is 10.2. The molecule has 18 heavy (non-hydrogen) atoms. The van der Waals surface area contributed by atoms with Crippen molar-refractivity contribution < 1.29 is 8.42 Å². The largest absolute Gasteiger partial charge is 0.310 e. The summed E-state index contributed by atoms with van der Waals surface area (Å²) < 4.78 is 26.6. The van der Waals surface area contributed by atoms with Gasteiger partial charge in [0, 0.05) is 18.6 Å². The minimum Gasteiger partial charge on any atom is -0.310 e. The van der Waals surface area contributed by atoms with Crippen molar-refractivity contribution in [3.8, 4) is 0 Å². The second-order valence-electron chi connectivity index (χ2n) is 5.08. The Morgan fingerprint density at radius 1 is 1.33 bits per heavy atom. The van der Waals surface area contributed by atoms with Crippen LogP contribution < -0.4 is 10.0 Å². The summed E-state index contributed by atoms with van der Waals surface area (Å²) in [5.41, 5.74) is 1.01. The molecule has 1 aliphatic carbocycles. The Morgan fingerprint density at radius 2 is 2.06 bits per heavy atom. The Balaban J connectivity index is 2.09. The SMILES string of the molecule is CC(C)NS(=O)(=O)c1cccc(CNC2CC2)c1. The van der Waals surface area contributed by atoms with Gasteiger partial charge in [0.25, 0.3) is 0 Å². The van der Waals surface area contributed by atoms with E-state index in [2.05, 4.69) is 10.0 Å². The third-order valence-corrected chi connectivity index (χ3v) is 4.43. The van der Waals surface area contributed by atoms with Crippen LogP contribution in [0.5, 0.6) is 0 Å². The maximum atomic E-state index is 12.0. The Hall–Kier alpha value is -0.910. The first kappa shape index (κ1) is 13.5. The standard InChI is InChI=1S/C13H20N2O2S/c1-10(2)15-18(16,17)13-5-3-4-11(8-13)9-14-12-6-7-12/h3-5,8,10,12,14-15H,6-7,9H2,1-2H3. The highest BCUT2D eigenvalue weighted by molar-refractivity contribution is 7.89. The van der Waals surface area contributed by atoms with E-state index >= 15 is 0 Å². The molecule has 0 unspecified atom stereocenters. The van der Waals surface area contributed by atoms with Crippen LogP contribution in [0.1, 0.15) is 32.3 Å².